The van der Waals surface area contributed by atoms with Crippen LogP contribution in [0.15, 0.2) is 0 Å². The highest BCUT2D eigenvalue weighted by molar-refractivity contribution is 7.99. The largest absolute Gasteiger partial charge is 0.480 e. The third-order valence-corrected chi connectivity index (χ3v) is 5.70. The first kappa shape index (κ1) is 15.1. The lowest BCUT2D eigenvalue weighted by atomic mass is 9.87. The molecule has 2 aliphatic rings. The molecule has 0 aromatic carbocycles. The summed E-state index contributed by atoms with van der Waals surface area (Å²) in [6.45, 7) is 8.88. The van der Waals surface area contributed by atoms with Crippen LogP contribution in [0.2, 0.25) is 0 Å². The monoisotopic (exact) mass is 286 g/mol. The predicted molar refractivity (Wildman–Crippen MR) is 79.8 cm³/mol. The Labute approximate surface area is 120 Å². The Bertz CT molecular complexity index is 323. The van der Waals surface area contributed by atoms with E-state index < -0.39 is 5.97 Å². The van der Waals surface area contributed by atoms with Crippen molar-refractivity contribution in [3.8, 4) is 0 Å². The molecule has 0 spiro atoms. The van der Waals surface area contributed by atoms with E-state index in [1.165, 1.54) is 17.9 Å². The molecule has 1 unspecified atom stereocenters. The Hall–Kier alpha value is -0.260. The average Bonchev–Trinajstić information content (AvgIpc) is 2.52. The van der Waals surface area contributed by atoms with Crippen molar-refractivity contribution in [2.75, 3.05) is 44.2 Å². The number of nitrogens with zero attached hydrogens (tertiary/aromatic N) is 2. The van der Waals surface area contributed by atoms with E-state index in [2.05, 4.69) is 35.4 Å². The van der Waals surface area contributed by atoms with Gasteiger partial charge in [0.25, 0.3) is 0 Å². The molecule has 1 atom stereocenters. The summed E-state index contributed by atoms with van der Waals surface area (Å²) in [6.07, 6.45) is 2.37. The maximum absolute atomic E-state index is 10.8. The normalized spacial score (nSPS) is 29.9. The van der Waals surface area contributed by atoms with Crippen LogP contribution < -0.4 is 0 Å². The second-order valence-electron chi connectivity index (χ2n) is 6.60. The van der Waals surface area contributed by atoms with Gasteiger partial charge in [-0.3, -0.25) is 14.6 Å². The smallest absolute Gasteiger partial charge is 0.317 e. The van der Waals surface area contributed by atoms with E-state index in [1.54, 1.807) is 0 Å². The fraction of sp³-hybridized carbons (Fsp3) is 0.929. The molecule has 0 radical (unpaired) electrons. The summed E-state index contributed by atoms with van der Waals surface area (Å²) < 4.78 is 0. The van der Waals surface area contributed by atoms with Crippen LogP contribution in [0.1, 0.15) is 26.7 Å². The van der Waals surface area contributed by atoms with E-state index in [-0.39, 0.29) is 6.54 Å². The number of aliphatic carboxylic acids is 1. The molecular formula is C14H26N2O2S. The molecule has 5 heteroatoms. The van der Waals surface area contributed by atoms with Crippen LogP contribution in [0, 0.1) is 5.41 Å². The summed E-state index contributed by atoms with van der Waals surface area (Å²) in [4.78, 5) is 15.5. The Morgan fingerprint density at radius 3 is 2.79 bits per heavy atom. The number of carbonyl (C=O) groups is 1. The Morgan fingerprint density at radius 1 is 1.32 bits per heavy atom. The van der Waals surface area contributed by atoms with E-state index in [4.69, 9.17) is 5.11 Å². The summed E-state index contributed by atoms with van der Waals surface area (Å²) in [5.41, 5.74) is 0.445. The highest BCUT2D eigenvalue weighted by atomic mass is 32.2. The van der Waals surface area contributed by atoms with E-state index in [0.717, 1.165) is 32.6 Å². The quantitative estimate of drug-likeness (QED) is 0.854. The molecule has 0 amide bonds. The van der Waals surface area contributed by atoms with Crippen LogP contribution in [0.3, 0.4) is 0 Å². The third kappa shape index (κ3) is 4.65. The van der Waals surface area contributed by atoms with Gasteiger partial charge in [0.05, 0.1) is 6.54 Å². The van der Waals surface area contributed by atoms with Crippen LogP contribution in [-0.4, -0.2) is 71.1 Å². The first-order valence-corrected chi connectivity index (χ1v) is 8.38. The zero-order valence-electron chi connectivity index (χ0n) is 12.1. The lowest BCUT2D eigenvalue weighted by Crippen LogP contribution is -2.45. The molecular weight excluding hydrogens is 260 g/mol. The summed E-state index contributed by atoms with van der Waals surface area (Å²) in [5, 5.41) is 8.88. The molecule has 4 nitrogen and oxygen atoms in total. The number of rotatable bonds is 3. The average molecular weight is 286 g/mol. The van der Waals surface area contributed by atoms with Crippen LogP contribution in [0.25, 0.3) is 0 Å². The Morgan fingerprint density at radius 2 is 2.11 bits per heavy atom. The lowest BCUT2D eigenvalue weighted by molar-refractivity contribution is -0.138. The molecule has 2 fully saturated rings. The van der Waals surface area contributed by atoms with Crippen LogP contribution >= 0.6 is 11.8 Å². The third-order valence-electron chi connectivity index (χ3n) is 4.09. The number of thioether (sulfide) groups is 1. The fourth-order valence-electron chi connectivity index (χ4n) is 3.17. The van der Waals surface area contributed by atoms with Gasteiger partial charge in [0.1, 0.15) is 0 Å². The SMILES string of the molecule is CC1(C)CSCC(N2CCCN(CC(=O)O)CC2)C1. The lowest BCUT2D eigenvalue weighted by Gasteiger charge is -2.40. The van der Waals surface area contributed by atoms with E-state index in [0.29, 0.717) is 11.5 Å². The van der Waals surface area contributed by atoms with Crippen LogP contribution in [-0.2, 0) is 4.79 Å². The van der Waals surface area contributed by atoms with Crippen molar-refractivity contribution in [3.63, 3.8) is 0 Å². The van der Waals surface area contributed by atoms with Gasteiger partial charge in [-0.25, -0.2) is 0 Å². The van der Waals surface area contributed by atoms with Crippen molar-refractivity contribution in [1.29, 1.82) is 0 Å². The summed E-state index contributed by atoms with van der Waals surface area (Å²) in [7, 11) is 0. The first-order valence-electron chi connectivity index (χ1n) is 7.22. The zero-order chi connectivity index (χ0) is 13.9. The van der Waals surface area contributed by atoms with Crippen molar-refractivity contribution < 1.29 is 9.90 Å². The summed E-state index contributed by atoms with van der Waals surface area (Å²) >= 11 is 2.07. The second-order valence-corrected chi connectivity index (χ2v) is 7.63. The number of carboxylic acid groups (broad SMARTS) is 1. The standard InChI is InChI=1S/C14H26N2O2S/c1-14(2)8-12(10-19-11-14)16-5-3-4-15(6-7-16)9-13(17)18/h12H,3-11H2,1-2H3,(H,17,18). The summed E-state index contributed by atoms with van der Waals surface area (Å²) in [6, 6.07) is 0.679. The van der Waals surface area contributed by atoms with Crippen molar-refractivity contribution in [3.05, 3.63) is 0 Å². The van der Waals surface area contributed by atoms with E-state index in [9.17, 15) is 4.79 Å². The molecule has 0 aliphatic carbocycles. The molecule has 0 saturated carbocycles. The molecule has 0 aromatic heterocycles. The van der Waals surface area contributed by atoms with Gasteiger partial charge in [0.15, 0.2) is 0 Å². The molecule has 19 heavy (non-hydrogen) atoms. The van der Waals surface area contributed by atoms with Gasteiger partial charge in [-0.1, -0.05) is 13.8 Å². The zero-order valence-corrected chi connectivity index (χ0v) is 12.9. The summed E-state index contributed by atoms with van der Waals surface area (Å²) in [5.74, 6) is 1.80. The molecule has 2 saturated heterocycles. The van der Waals surface area contributed by atoms with Gasteiger partial charge < -0.3 is 5.11 Å². The minimum atomic E-state index is -0.706. The molecule has 110 valence electrons. The predicted octanol–water partition coefficient (Wildman–Crippen LogP) is 1.61. The van der Waals surface area contributed by atoms with Gasteiger partial charge in [-0.2, -0.15) is 11.8 Å². The molecule has 2 rings (SSSR count). The Balaban J connectivity index is 1.86. The van der Waals surface area contributed by atoms with Gasteiger partial charge >= 0.3 is 5.97 Å². The molecule has 2 aliphatic heterocycles. The molecule has 2 heterocycles. The van der Waals surface area contributed by atoms with Gasteiger partial charge in [0.2, 0.25) is 0 Å². The number of hydrogen-bond acceptors (Lipinski definition) is 4. The highest BCUT2D eigenvalue weighted by Gasteiger charge is 2.32. The van der Waals surface area contributed by atoms with Crippen LogP contribution in [0.5, 0.6) is 0 Å². The topological polar surface area (TPSA) is 43.8 Å². The molecule has 1 N–H and O–H groups in total. The number of carboxylic acids is 1. The minimum Gasteiger partial charge on any atom is -0.480 e. The molecule has 0 bridgehead atoms. The maximum atomic E-state index is 10.8. The molecule has 0 aromatic rings. The van der Waals surface area contributed by atoms with E-state index >= 15 is 0 Å². The highest BCUT2D eigenvalue weighted by Crippen LogP contribution is 2.35. The fourth-order valence-corrected chi connectivity index (χ4v) is 4.56. The minimum absolute atomic E-state index is 0.193. The number of hydrogen-bond donors (Lipinski definition) is 1. The van der Waals surface area contributed by atoms with Crippen molar-refractivity contribution in [1.82, 2.24) is 9.80 Å². The van der Waals surface area contributed by atoms with Gasteiger partial charge in [0, 0.05) is 31.4 Å². The van der Waals surface area contributed by atoms with Gasteiger partial charge in [-0.15, -0.1) is 0 Å². The van der Waals surface area contributed by atoms with Crippen molar-refractivity contribution >= 4 is 17.7 Å². The van der Waals surface area contributed by atoms with Crippen LogP contribution in [0.4, 0.5) is 0 Å². The van der Waals surface area contributed by atoms with Crippen molar-refractivity contribution in [2.24, 2.45) is 5.41 Å². The van der Waals surface area contributed by atoms with Crippen molar-refractivity contribution in [2.45, 2.75) is 32.7 Å². The first-order chi connectivity index (χ1) is 8.96. The van der Waals surface area contributed by atoms with E-state index in [1.807, 2.05) is 0 Å². The maximum Gasteiger partial charge on any atom is 0.317 e. The van der Waals surface area contributed by atoms with Gasteiger partial charge in [-0.05, 0) is 30.6 Å². The Kier molecular flexibility index (Phi) is 5.15. The second kappa shape index (κ2) is 6.46.